The fourth-order valence-electron chi connectivity index (χ4n) is 2.01. The summed E-state index contributed by atoms with van der Waals surface area (Å²) < 4.78 is 1.65. The average molecular weight is 278 g/mol. The fraction of sp³-hybridized carbons (Fsp3) is 0.357. The van der Waals surface area contributed by atoms with Crippen LogP contribution in [0.15, 0.2) is 24.5 Å². The zero-order valence-corrected chi connectivity index (χ0v) is 11.8. The summed E-state index contributed by atoms with van der Waals surface area (Å²) in [5.74, 6) is -0.159. The van der Waals surface area contributed by atoms with Crippen molar-refractivity contribution in [3.8, 4) is 0 Å². The lowest BCUT2D eigenvalue weighted by Crippen LogP contribution is -2.15. The van der Waals surface area contributed by atoms with Crippen LogP contribution in [-0.2, 0) is 13.0 Å². The van der Waals surface area contributed by atoms with Crippen LogP contribution in [-0.4, -0.2) is 20.5 Å². The van der Waals surface area contributed by atoms with Crippen molar-refractivity contribution in [2.45, 2.75) is 33.2 Å². The lowest BCUT2D eigenvalue weighted by molar-refractivity contribution is 0.102. The molecule has 0 aromatic carbocycles. The minimum Gasteiger partial charge on any atom is -0.285 e. The molecule has 0 aliphatic heterocycles. The number of halogens is 1. The molecule has 0 atom stereocenters. The molecular formula is C14H16ClN3O. The molecule has 0 aliphatic rings. The Balaban J connectivity index is 2.47. The highest BCUT2D eigenvalue weighted by molar-refractivity contribution is 6.34. The minimum absolute atomic E-state index is 0.159. The third-order valence-corrected chi connectivity index (χ3v) is 3.21. The SMILES string of the molecule is CCCn1ncc(Cl)c1C(=O)c1ncccc1CC. The molecule has 5 heteroatoms. The van der Waals surface area contributed by atoms with Gasteiger partial charge in [-0.25, -0.2) is 0 Å². The van der Waals surface area contributed by atoms with Crippen molar-refractivity contribution < 1.29 is 4.79 Å². The molecule has 0 saturated carbocycles. The molecule has 100 valence electrons. The Morgan fingerprint density at radius 3 is 2.89 bits per heavy atom. The average Bonchev–Trinajstić information content (AvgIpc) is 2.79. The number of hydrogen-bond acceptors (Lipinski definition) is 3. The smallest absolute Gasteiger partial charge is 0.231 e. The van der Waals surface area contributed by atoms with Gasteiger partial charge < -0.3 is 0 Å². The maximum atomic E-state index is 12.6. The number of nitrogens with zero attached hydrogens (tertiary/aromatic N) is 3. The third kappa shape index (κ3) is 2.68. The standard InChI is InChI=1S/C14H16ClN3O/c1-3-8-18-13(11(15)9-17-18)14(19)12-10(4-2)6-5-7-16-12/h5-7,9H,3-4,8H2,1-2H3. The molecule has 0 N–H and O–H groups in total. The third-order valence-electron chi connectivity index (χ3n) is 2.93. The van der Waals surface area contributed by atoms with Crippen molar-refractivity contribution in [1.29, 1.82) is 0 Å². The van der Waals surface area contributed by atoms with Gasteiger partial charge >= 0.3 is 0 Å². The Bertz CT molecular complexity index is 592. The summed E-state index contributed by atoms with van der Waals surface area (Å²) in [4.78, 5) is 16.8. The van der Waals surface area contributed by atoms with Crippen LogP contribution in [0.1, 0.15) is 42.0 Å². The summed E-state index contributed by atoms with van der Waals surface area (Å²) in [6.45, 7) is 4.70. The van der Waals surface area contributed by atoms with Crippen LogP contribution in [0.3, 0.4) is 0 Å². The van der Waals surface area contributed by atoms with Crippen molar-refractivity contribution >= 4 is 17.4 Å². The van der Waals surface area contributed by atoms with Gasteiger partial charge in [0.05, 0.1) is 11.2 Å². The molecular weight excluding hydrogens is 262 g/mol. The molecule has 0 saturated heterocycles. The zero-order chi connectivity index (χ0) is 13.8. The first-order valence-corrected chi connectivity index (χ1v) is 6.76. The van der Waals surface area contributed by atoms with Crippen molar-refractivity contribution in [2.75, 3.05) is 0 Å². The number of hydrogen-bond donors (Lipinski definition) is 0. The summed E-state index contributed by atoms with van der Waals surface area (Å²) in [6.07, 6.45) is 4.79. The predicted molar refractivity (Wildman–Crippen MR) is 74.6 cm³/mol. The van der Waals surface area contributed by atoms with Gasteiger partial charge in [-0.15, -0.1) is 0 Å². The topological polar surface area (TPSA) is 47.8 Å². The number of carbonyl (C=O) groups excluding carboxylic acids is 1. The predicted octanol–water partition coefficient (Wildman–Crippen LogP) is 3.13. The van der Waals surface area contributed by atoms with E-state index in [1.165, 1.54) is 6.20 Å². The molecule has 19 heavy (non-hydrogen) atoms. The summed E-state index contributed by atoms with van der Waals surface area (Å²) in [5, 5.41) is 4.52. The molecule has 2 aromatic heterocycles. The molecule has 0 radical (unpaired) electrons. The van der Waals surface area contributed by atoms with E-state index in [2.05, 4.69) is 10.1 Å². The van der Waals surface area contributed by atoms with Gasteiger partial charge in [-0.1, -0.05) is 31.5 Å². The molecule has 2 aromatic rings. The molecule has 0 bridgehead atoms. The first-order chi connectivity index (χ1) is 9.19. The zero-order valence-electron chi connectivity index (χ0n) is 11.1. The molecule has 0 aliphatic carbocycles. The number of rotatable bonds is 5. The summed E-state index contributed by atoms with van der Waals surface area (Å²) in [6, 6.07) is 3.75. The van der Waals surface area contributed by atoms with E-state index in [0.717, 1.165) is 18.4 Å². The monoisotopic (exact) mass is 277 g/mol. The van der Waals surface area contributed by atoms with E-state index < -0.39 is 0 Å². The van der Waals surface area contributed by atoms with Crippen LogP contribution < -0.4 is 0 Å². The van der Waals surface area contributed by atoms with E-state index in [1.807, 2.05) is 26.0 Å². The van der Waals surface area contributed by atoms with E-state index in [0.29, 0.717) is 23.0 Å². The van der Waals surface area contributed by atoms with Crippen molar-refractivity contribution in [1.82, 2.24) is 14.8 Å². The quantitative estimate of drug-likeness (QED) is 0.789. The highest BCUT2D eigenvalue weighted by Gasteiger charge is 2.21. The van der Waals surface area contributed by atoms with Crippen LogP contribution in [0.25, 0.3) is 0 Å². The van der Waals surface area contributed by atoms with Gasteiger partial charge in [0, 0.05) is 12.7 Å². The Kier molecular flexibility index (Phi) is 4.32. The number of aromatic nitrogens is 3. The summed E-state index contributed by atoms with van der Waals surface area (Å²) >= 11 is 6.09. The van der Waals surface area contributed by atoms with E-state index >= 15 is 0 Å². The lowest BCUT2D eigenvalue weighted by Gasteiger charge is -2.08. The van der Waals surface area contributed by atoms with Gasteiger partial charge in [0.25, 0.3) is 0 Å². The summed E-state index contributed by atoms with van der Waals surface area (Å²) in [5.41, 5.74) is 1.81. The minimum atomic E-state index is -0.159. The number of ketones is 1. The molecule has 0 spiro atoms. The van der Waals surface area contributed by atoms with E-state index in [9.17, 15) is 4.79 Å². The molecule has 0 unspecified atom stereocenters. The van der Waals surface area contributed by atoms with Crippen molar-refractivity contribution in [2.24, 2.45) is 0 Å². The highest BCUT2D eigenvalue weighted by Crippen LogP contribution is 2.20. The van der Waals surface area contributed by atoms with Gasteiger partial charge in [0.15, 0.2) is 0 Å². The largest absolute Gasteiger partial charge is 0.285 e. The van der Waals surface area contributed by atoms with Gasteiger partial charge in [-0.2, -0.15) is 5.10 Å². The Hall–Kier alpha value is -1.68. The van der Waals surface area contributed by atoms with Gasteiger partial charge in [-0.3, -0.25) is 14.5 Å². The number of carbonyl (C=O) groups is 1. The molecule has 2 rings (SSSR count). The van der Waals surface area contributed by atoms with Crippen LogP contribution >= 0.6 is 11.6 Å². The molecule has 0 fully saturated rings. The van der Waals surface area contributed by atoms with Crippen molar-refractivity contribution in [3.63, 3.8) is 0 Å². The van der Waals surface area contributed by atoms with Crippen LogP contribution in [0, 0.1) is 0 Å². The number of pyridine rings is 1. The van der Waals surface area contributed by atoms with E-state index in [4.69, 9.17) is 11.6 Å². The first kappa shape index (κ1) is 13.7. The normalized spacial score (nSPS) is 10.7. The Labute approximate surface area is 117 Å². The Morgan fingerprint density at radius 1 is 1.42 bits per heavy atom. The lowest BCUT2D eigenvalue weighted by atomic mass is 10.1. The van der Waals surface area contributed by atoms with E-state index in [1.54, 1.807) is 10.9 Å². The molecule has 2 heterocycles. The van der Waals surface area contributed by atoms with Crippen LogP contribution in [0.4, 0.5) is 0 Å². The summed E-state index contributed by atoms with van der Waals surface area (Å²) in [7, 11) is 0. The van der Waals surface area contributed by atoms with Crippen LogP contribution in [0.2, 0.25) is 5.02 Å². The van der Waals surface area contributed by atoms with Gasteiger partial charge in [0.2, 0.25) is 5.78 Å². The van der Waals surface area contributed by atoms with Gasteiger partial charge in [-0.05, 0) is 24.5 Å². The highest BCUT2D eigenvalue weighted by atomic mass is 35.5. The van der Waals surface area contributed by atoms with Crippen LogP contribution in [0.5, 0.6) is 0 Å². The maximum Gasteiger partial charge on any atom is 0.231 e. The number of aryl methyl sites for hydroxylation is 2. The second kappa shape index (κ2) is 5.97. The fourth-order valence-corrected chi connectivity index (χ4v) is 2.24. The van der Waals surface area contributed by atoms with Gasteiger partial charge in [0.1, 0.15) is 11.4 Å². The Morgan fingerprint density at radius 2 is 2.21 bits per heavy atom. The van der Waals surface area contributed by atoms with Crippen molar-refractivity contribution in [3.05, 3.63) is 46.5 Å². The second-order valence-electron chi connectivity index (χ2n) is 4.26. The van der Waals surface area contributed by atoms with E-state index in [-0.39, 0.29) is 5.78 Å². The first-order valence-electron chi connectivity index (χ1n) is 6.38. The molecule has 4 nitrogen and oxygen atoms in total. The maximum absolute atomic E-state index is 12.6. The molecule has 0 amide bonds. The second-order valence-corrected chi connectivity index (χ2v) is 4.67.